The molecule has 2 N–H and O–H groups in total. The number of Topliss-reactive ketones (excluding diaryl/α,β-unsaturated/α-hetero) is 2. The van der Waals surface area contributed by atoms with Crippen molar-refractivity contribution in [1.82, 2.24) is 4.98 Å². The summed E-state index contributed by atoms with van der Waals surface area (Å²) >= 11 is 0. The second-order valence-corrected chi connectivity index (χ2v) is 17.4. The van der Waals surface area contributed by atoms with Crippen molar-refractivity contribution in [2.75, 3.05) is 0 Å². The van der Waals surface area contributed by atoms with Crippen LogP contribution in [0.1, 0.15) is 118 Å². The summed E-state index contributed by atoms with van der Waals surface area (Å²) in [4.78, 5) is 35.2. The van der Waals surface area contributed by atoms with Crippen molar-refractivity contribution >= 4 is 30.0 Å². The third-order valence-electron chi connectivity index (χ3n) is 12.8. The van der Waals surface area contributed by atoms with E-state index in [4.69, 9.17) is 15.0 Å². The number of nitrogens with zero attached hydrogens (tertiary/aromatic N) is 2. The zero-order valence-corrected chi connectivity index (χ0v) is 35.9. The van der Waals surface area contributed by atoms with Crippen molar-refractivity contribution < 1.29 is 56.1 Å². The molecule has 0 spiro atoms. The third-order valence-corrected chi connectivity index (χ3v) is 12.8. The Hall–Kier alpha value is -5.67. The molecule has 4 aliphatic carbocycles. The van der Waals surface area contributed by atoms with Crippen molar-refractivity contribution in [2.45, 2.75) is 127 Å². The highest BCUT2D eigenvalue weighted by Crippen LogP contribution is 2.54. The molecule has 0 bridgehead atoms. The number of ether oxygens (including phenoxy) is 4. The lowest BCUT2D eigenvalue weighted by molar-refractivity contribution is -0.287. The summed E-state index contributed by atoms with van der Waals surface area (Å²) in [6, 6.07) is 13.2. The van der Waals surface area contributed by atoms with E-state index in [1.165, 1.54) is 49.1 Å². The van der Waals surface area contributed by atoms with Crippen LogP contribution < -0.4 is 18.9 Å². The number of carbonyl (C=O) groups is 2. The summed E-state index contributed by atoms with van der Waals surface area (Å²) < 4.78 is 70.9. The monoisotopic (exact) mass is 881 g/mol. The van der Waals surface area contributed by atoms with Crippen LogP contribution in [0, 0.1) is 13.3 Å². The molecule has 0 unspecified atom stereocenters. The summed E-state index contributed by atoms with van der Waals surface area (Å²) in [7, 11) is -1.20. The molecule has 10 nitrogen and oxygen atoms in total. The van der Waals surface area contributed by atoms with E-state index < -0.39 is 30.5 Å². The average Bonchev–Trinajstić information content (AvgIpc) is 4.20. The lowest BCUT2D eigenvalue weighted by Crippen LogP contribution is -2.26. The highest BCUT2D eigenvalue weighted by Gasteiger charge is 2.54. The molecular weight excluding hydrogens is 831 g/mol. The van der Waals surface area contributed by atoms with Gasteiger partial charge in [-0.05, 0) is 142 Å². The molecule has 3 aromatic rings. The molecule has 2 aromatic carbocycles. The number of fused-ring (bicyclic) bond motifs is 2. The molecule has 4 heterocycles. The number of pyridine rings is 1. The minimum absolute atomic E-state index is 0.00222. The number of dihydropyridines is 1. The van der Waals surface area contributed by atoms with E-state index in [0.717, 1.165) is 60.1 Å². The van der Waals surface area contributed by atoms with Crippen LogP contribution in [0.4, 0.5) is 17.6 Å². The van der Waals surface area contributed by atoms with E-state index in [0.29, 0.717) is 48.2 Å². The first-order chi connectivity index (χ1) is 30.5. The van der Waals surface area contributed by atoms with Crippen molar-refractivity contribution in [3.05, 3.63) is 125 Å². The number of aryl methyl sites for hydroxylation is 1. The Morgan fingerprint density at radius 3 is 1.77 bits per heavy atom. The van der Waals surface area contributed by atoms with Gasteiger partial charge in [-0.1, -0.05) is 36.9 Å². The molecule has 334 valence electrons. The molecular formula is C49H50BF4N2O8+. The number of allylic oxidation sites excluding steroid dienone is 6. The van der Waals surface area contributed by atoms with Gasteiger partial charge in [-0.2, -0.15) is 0 Å². The molecule has 1 aromatic heterocycles. The van der Waals surface area contributed by atoms with Crippen molar-refractivity contribution in [3.63, 3.8) is 0 Å². The first-order valence-electron chi connectivity index (χ1n) is 21.8. The molecule has 10 rings (SSSR count). The van der Waals surface area contributed by atoms with Crippen LogP contribution in [0.25, 0.3) is 5.57 Å². The zero-order valence-electron chi connectivity index (χ0n) is 35.9. The van der Waals surface area contributed by atoms with E-state index in [1.54, 1.807) is 12.1 Å². The van der Waals surface area contributed by atoms with E-state index in [1.807, 2.05) is 44.6 Å². The van der Waals surface area contributed by atoms with Gasteiger partial charge < -0.3 is 29.0 Å². The summed E-state index contributed by atoms with van der Waals surface area (Å²) in [6.07, 6.45) is 12.4. The van der Waals surface area contributed by atoms with Crippen LogP contribution in [0.2, 0.25) is 0 Å². The number of hydrogen-bond acceptors (Lipinski definition) is 10. The number of aliphatic imine (C=N–C) groups is 1. The van der Waals surface area contributed by atoms with Crippen LogP contribution in [-0.2, 0) is 26.8 Å². The minimum Gasteiger partial charge on any atom is -0.423 e. The fraction of sp³-hybridized carbons (Fsp3) is 0.408. The van der Waals surface area contributed by atoms with Crippen molar-refractivity contribution in [3.8, 4) is 23.0 Å². The summed E-state index contributed by atoms with van der Waals surface area (Å²) in [5.74, 6) is 0.0186. The molecule has 64 heavy (non-hydrogen) atoms. The van der Waals surface area contributed by atoms with Crippen LogP contribution in [-0.4, -0.2) is 52.0 Å². The standard InChI is InChI=1S/C24H23F2NO3.C19H16F2NO3.C6H11BO2/c1-15-7-9-18(27-22(15)16-5-3-2-4-6-16)14-21(28)23(11-12-23)17-8-10-19-20(13-17)30-24(25,26)29-19;1-11-3-5-14(22-12(11)2)10-17(23)18(7-8-18)13-4-6-15-16(9-13)25-19(20,21)24-15;8-7(9)6-4-2-1-3-5-6/h5,7-10,13H,2-4,6,11-12,14H2,1H3;3-6,9H,2,7-8,10H2,1H3;4,8-9H,1-3,5H2/q;+1;. The third kappa shape index (κ3) is 9.85. The zero-order chi connectivity index (χ0) is 45.4. The largest absolute Gasteiger partial charge is 0.586 e. The highest BCUT2D eigenvalue weighted by molar-refractivity contribution is 6.50. The number of hydrogen-bond donors (Lipinski definition) is 2. The van der Waals surface area contributed by atoms with Crippen LogP contribution in [0.5, 0.6) is 23.0 Å². The topological polar surface area (TPSA) is 137 Å². The van der Waals surface area contributed by atoms with Gasteiger partial charge >= 0.3 is 19.7 Å². The molecule has 15 heteroatoms. The van der Waals surface area contributed by atoms with Crippen molar-refractivity contribution in [2.24, 2.45) is 4.99 Å². The van der Waals surface area contributed by atoms with E-state index >= 15 is 0 Å². The van der Waals surface area contributed by atoms with Gasteiger partial charge in [0.1, 0.15) is 28.8 Å². The number of aromatic nitrogens is 1. The van der Waals surface area contributed by atoms with Crippen LogP contribution >= 0.6 is 0 Å². The number of ketones is 2. The van der Waals surface area contributed by atoms with Gasteiger partial charge in [0, 0.05) is 19.0 Å². The first kappa shape index (κ1) is 44.9. The molecule has 7 aliphatic rings. The Morgan fingerprint density at radius 1 is 0.734 bits per heavy atom. The van der Waals surface area contributed by atoms with Gasteiger partial charge in [0.15, 0.2) is 28.8 Å². The Kier molecular flexibility index (Phi) is 12.4. The molecule has 2 saturated carbocycles. The number of alkyl halides is 4. The van der Waals surface area contributed by atoms with Crippen LogP contribution in [0.3, 0.4) is 0 Å². The number of benzene rings is 2. The van der Waals surface area contributed by atoms with E-state index in [2.05, 4.69) is 36.6 Å². The molecule has 0 radical (unpaired) electrons. The van der Waals surface area contributed by atoms with E-state index in [-0.39, 0.29) is 47.4 Å². The van der Waals surface area contributed by atoms with Gasteiger partial charge in [0.2, 0.25) is 0 Å². The average molecular weight is 882 g/mol. The Labute approximate surface area is 369 Å². The predicted molar refractivity (Wildman–Crippen MR) is 232 cm³/mol. The summed E-state index contributed by atoms with van der Waals surface area (Å²) in [6.45, 7) is 7.81. The highest BCUT2D eigenvalue weighted by atomic mass is 19.3. The quantitative estimate of drug-likeness (QED) is 0.116. The van der Waals surface area contributed by atoms with Gasteiger partial charge in [-0.25, -0.2) is 4.99 Å². The maximum absolute atomic E-state index is 13.3. The number of rotatable bonds is 10. The minimum atomic E-state index is -3.66. The molecule has 3 aliphatic heterocycles. The van der Waals surface area contributed by atoms with Gasteiger partial charge in [-0.15, -0.1) is 17.6 Å². The second kappa shape index (κ2) is 17.7. The van der Waals surface area contributed by atoms with Gasteiger partial charge in [0.25, 0.3) is 0 Å². The lowest BCUT2D eigenvalue weighted by Gasteiger charge is -2.17. The Balaban J connectivity index is 0.000000148. The molecule has 2 fully saturated rings. The Bertz CT molecular complexity index is 2490. The number of carbonyl (C=O) groups excluding carboxylic acids is 2. The van der Waals surface area contributed by atoms with E-state index in [9.17, 15) is 27.2 Å². The van der Waals surface area contributed by atoms with Gasteiger partial charge in [0.05, 0.1) is 29.4 Å². The fourth-order valence-electron chi connectivity index (χ4n) is 8.73. The molecule has 0 amide bonds. The molecule has 0 saturated heterocycles. The maximum Gasteiger partial charge on any atom is 0.586 e. The normalized spacial score (nSPS) is 20.9. The summed E-state index contributed by atoms with van der Waals surface area (Å²) in [5, 5.41) is 17.3. The second-order valence-electron chi connectivity index (χ2n) is 17.4. The summed E-state index contributed by atoms with van der Waals surface area (Å²) in [5.41, 5.74) is 7.31. The van der Waals surface area contributed by atoms with Crippen molar-refractivity contribution in [1.29, 1.82) is 0 Å². The fourth-order valence-corrected chi connectivity index (χ4v) is 8.73. The smallest absolute Gasteiger partial charge is 0.423 e. The SMILES string of the molecule is C=C1N=C(CC(=O)C2(c3ccc4c(c3)OC(F)(F)O4)CC2)[CH+]C=C1C.Cc1ccc(CC(=O)C2(c3ccc4c(c3)OC(F)(F)O4)CC2)nc1C1=CCCCC1.OB(O)C1=CCCCC1. The first-order valence-corrected chi connectivity index (χ1v) is 21.8. The van der Waals surface area contributed by atoms with Crippen LogP contribution in [0.15, 0.2) is 95.1 Å². The lowest BCUT2D eigenvalue weighted by atomic mass is 9.74. The maximum atomic E-state index is 13.3. The predicted octanol–water partition coefficient (Wildman–Crippen LogP) is 10.1. The Morgan fingerprint density at radius 2 is 1.28 bits per heavy atom. The number of halogens is 4. The molecule has 0 atom stereocenters. The van der Waals surface area contributed by atoms with Gasteiger partial charge in [-0.3, -0.25) is 14.6 Å².